The van der Waals surface area contributed by atoms with Gasteiger partial charge in [-0.1, -0.05) is 212 Å². The molecule has 0 radical (unpaired) electrons. The smallest absolute Gasteiger partial charge is 0.160 e. The normalized spacial score (nSPS) is 11.6. The molecule has 14 rings (SSSR count). The molecule has 0 saturated heterocycles. The van der Waals surface area contributed by atoms with Crippen molar-refractivity contribution in [2.45, 2.75) is 0 Å². The second-order valence-electron chi connectivity index (χ2n) is 18.8. The van der Waals surface area contributed by atoms with E-state index < -0.39 is 0 Å². The van der Waals surface area contributed by atoms with Gasteiger partial charge < -0.3 is 19.0 Å². The Bertz CT molecular complexity index is 4090. The zero-order valence-corrected chi connectivity index (χ0v) is 40.3. The van der Waals surface area contributed by atoms with Crippen molar-refractivity contribution >= 4 is 66.8 Å². The van der Waals surface area contributed by atoms with Gasteiger partial charge >= 0.3 is 0 Å². The Balaban J connectivity index is 0.927. The lowest BCUT2D eigenvalue weighted by molar-refractivity contribution is 0.489. The first-order chi connectivity index (χ1) is 36.7. The number of fused-ring (bicyclic) bond motifs is 5. The third-order valence-electron chi connectivity index (χ3n) is 14.5. The molecule has 0 spiro atoms. The molecule has 1 aliphatic rings. The maximum Gasteiger partial charge on any atom is 0.160 e. The Labute approximate surface area is 429 Å². The number of nitrogens with zero attached hydrogens (tertiary/aromatic N) is 2. The zero-order chi connectivity index (χ0) is 49.0. The van der Waals surface area contributed by atoms with Crippen LogP contribution in [0.3, 0.4) is 0 Å². The average molecular weight is 947 g/mol. The van der Waals surface area contributed by atoms with E-state index in [-0.39, 0.29) is 0 Å². The molecule has 2 heterocycles. The van der Waals surface area contributed by atoms with Crippen molar-refractivity contribution in [1.29, 1.82) is 0 Å². The van der Waals surface area contributed by atoms with Crippen molar-refractivity contribution in [2.75, 3.05) is 9.80 Å². The van der Waals surface area contributed by atoms with Gasteiger partial charge in [0.05, 0.1) is 11.4 Å². The SMILES string of the molecule is c1ccc(-c2ccc(N(c3ccc(-c4ccccc4)cc3)c3cccc4c3Oc3c(N(c5ccc(-c6ccccc6)cc5)c5ccc(-c6cccc7c6oc6ccccc67)cc5)ccc5cccc-4c35)cc2)cc1. The van der Waals surface area contributed by atoms with Crippen LogP contribution < -0.4 is 14.5 Å². The van der Waals surface area contributed by atoms with Crippen molar-refractivity contribution in [3.05, 3.63) is 279 Å². The van der Waals surface area contributed by atoms with Gasteiger partial charge in [0.15, 0.2) is 11.5 Å². The maximum absolute atomic E-state index is 7.61. The fourth-order valence-electron chi connectivity index (χ4n) is 10.9. The van der Waals surface area contributed by atoms with Crippen LogP contribution in [0.25, 0.3) is 88.3 Å². The lowest BCUT2D eigenvalue weighted by atomic mass is 9.92. The van der Waals surface area contributed by atoms with Crippen molar-refractivity contribution < 1.29 is 9.15 Å². The fourth-order valence-corrected chi connectivity index (χ4v) is 10.9. The molecule has 0 saturated carbocycles. The molecule has 1 aromatic heterocycles. The summed E-state index contributed by atoms with van der Waals surface area (Å²) in [7, 11) is 0. The molecule has 13 aromatic rings. The third kappa shape index (κ3) is 7.48. The minimum atomic E-state index is 0.785. The summed E-state index contributed by atoms with van der Waals surface area (Å²) < 4.78 is 14.1. The fraction of sp³-hybridized carbons (Fsp3) is 0. The summed E-state index contributed by atoms with van der Waals surface area (Å²) in [4.78, 5) is 4.67. The van der Waals surface area contributed by atoms with Gasteiger partial charge in [-0.2, -0.15) is 0 Å². The van der Waals surface area contributed by atoms with Gasteiger partial charge in [0.25, 0.3) is 0 Å². The van der Waals surface area contributed by atoms with Crippen LogP contribution in [0.2, 0.25) is 0 Å². The van der Waals surface area contributed by atoms with E-state index in [9.17, 15) is 0 Å². The summed E-state index contributed by atoms with van der Waals surface area (Å²) in [6, 6.07) is 99.3. The molecule has 0 amide bonds. The summed E-state index contributed by atoms with van der Waals surface area (Å²) in [5, 5.41) is 4.40. The van der Waals surface area contributed by atoms with Crippen molar-refractivity contribution in [2.24, 2.45) is 0 Å². The second kappa shape index (κ2) is 18.1. The number of furan rings is 1. The number of hydrogen-bond acceptors (Lipinski definition) is 4. The van der Waals surface area contributed by atoms with E-state index in [0.29, 0.717) is 0 Å². The summed E-state index contributed by atoms with van der Waals surface area (Å²) in [6.45, 7) is 0. The predicted molar refractivity (Wildman–Crippen MR) is 308 cm³/mol. The maximum atomic E-state index is 7.61. The van der Waals surface area contributed by atoms with Gasteiger partial charge in [0.2, 0.25) is 0 Å². The summed E-state index contributed by atoms with van der Waals surface area (Å²) in [5.41, 5.74) is 18.9. The molecule has 0 atom stereocenters. The Morgan fingerprint density at radius 2 is 0.676 bits per heavy atom. The van der Waals surface area contributed by atoms with Crippen LogP contribution in [0.4, 0.5) is 34.1 Å². The molecule has 348 valence electrons. The largest absolute Gasteiger partial charge is 0.455 e. The van der Waals surface area contributed by atoms with Crippen LogP contribution in [0.5, 0.6) is 11.5 Å². The number of rotatable bonds is 10. The van der Waals surface area contributed by atoms with Crippen LogP contribution in [0.15, 0.2) is 283 Å². The van der Waals surface area contributed by atoms with Gasteiger partial charge in [-0.05, 0) is 117 Å². The molecule has 74 heavy (non-hydrogen) atoms. The standard InChI is InChI=1S/C70H46N2O2/c1-4-15-47(16-5-1)50-29-38-55(39-30-50)71(56-40-31-51(32-41-56)48-17-6-2-7-18-48)64-27-14-26-63-61-24-12-21-54-37-46-65(70(67(54)61)74-69(63)64)72(57-42-33-52(34-43-57)49-19-8-3-9-20-49)58-44-35-53(36-45-58)59-23-13-25-62-60-22-10-11-28-66(60)73-68(59)62/h1-46H. The Morgan fingerprint density at radius 3 is 1.23 bits per heavy atom. The monoisotopic (exact) mass is 946 g/mol. The average Bonchev–Trinajstić information content (AvgIpc) is 3.87. The van der Waals surface area contributed by atoms with E-state index in [1.165, 1.54) is 16.7 Å². The van der Waals surface area contributed by atoms with E-state index in [1.807, 2.05) is 12.1 Å². The van der Waals surface area contributed by atoms with Gasteiger partial charge in [0.1, 0.15) is 11.2 Å². The first-order valence-corrected chi connectivity index (χ1v) is 25.1. The predicted octanol–water partition coefficient (Wildman–Crippen LogP) is 20.1. The molecule has 0 unspecified atom stereocenters. The lowest BCUT2D eigenvalue weighted by Gasteiger charge is -2.33. The molecule has 12 aromatic carbocycles. The molecular formula is C70H46N2O2. The van der Waals surface area contributed by atoms with Gasteiger partial charge in [-0.25, -0.2) is 0 Å². The highest BCUT2D eigenvalue weighted by molar-refractivity contribution is 6.11. The number of anilines is 6. The van der Waals surface area contributed by atoms with Gasteiger partial charge in [-0.3, -0.25) is 0 Å². The summed E-state index contributed by atoms with van der Waals surface area (Å²) in [5.74, 6) is 1.58. The van der Waals surface area contributed by atoms with E-state index in [2.05, 4.69) is 277 Å². The molecule has 0 aliphatic carbocycles. The Kier molecular flexibility index (Phi) is 10.5. The highest BCUT2D eigenvalue weighted by Crippen LogP contribution is 2.57. The van der Waals surface area contributed by atoms with Crippen LogP contribution >= 0.6 is 0 Å². The van der Waals surface area contributed by atoms with E-state index in [1.54, 1.807) is 0 Å². The number of para-hydroxylation sites is 3. The number of benzene rings is 12. The van der Waals surface area contributed by atoms with Crippen LogP contribution in [0, 0.1) is 0 Å². The zero-order valence-electron chi connectivity index (χ0n) is 40.3. The number of hydrogen-bond donors (Lipinski definition) is 0. The molecule has 4 nitrogen and oxygen atoms in total. The summed E-state index contributed by atoms with van der Waals surface area (Å²) >= 11 is 0. The Hall–Kier alpha value is -9.90. The minimum absolute atomic E-state index is 0.785. The van der Waals surface area contributed by atoms with Crippen molar-refractivity contribution in [1.82, 2.24) is 0 Å². The molecule has 1 aliphatic heterocycles. The number of ether oxygens (including phenoxy) is 1. The Morgan fingerprint density at radius 1 is 0.257 bits per heavy atom. The van der Waals surface area contributed by atoms with Crippen LogP contribution in [0.1, 0.15) is 0 Å². The minimum Gasteiger partial charge on any atom is -0.455 e. The molecule has 4 heteroatoms. The topological polar surface area (TPSA) is 28.9 Å². The van der Waals surface area contributed by atoms with Crippen molar-refractivity contribution in [3.8, 4) is 67.1 Å². The first-order valence-electron chi connectivity index (χ1n) is 25.1. The molecule has 0 N–H and O–H groups in total. The van der Waals surface area contributed by atoms with E-state index in [4.69, 9.17) is 9.15 Å². The van der Waals surface area contributed by atoms with Gasteiger partial charge in [-0.15, -0.1) is 0 Å². The van der Waals surface area contributed by atoms with E-state index >= 15 is 0 Å². The third-order valence-corrected chi connectivity index (χ3v) is 14.5. The van der Waals surface area contributed by atoms with Crippen LogP contribution in [-0.2, 0) is 0 Å². The van der Waals surface area contributed by atoms with Gasteiger partial charge in [0, 0.05) is 50.0 Å². The highest BCUT2D eigenvalue weighted by atomic mass is 16.5. The lowest BCUT2D eigenvalue weighted by Crippen LogP contribution is -2.14. The summed E-state index contributed by atoms with van der Waals surface area (Å²) in [6.07, 6.45) is 0. The van der Waals surface area contributed by atoms with Crippen LogP contribution in [-0.4, -0.2) is 0 Å². The van der Waals surface area contributed by atoms with E-state index in [0.717, 1.165) is 117 Å². The molecule has 0 fully saturated rings. The highest BCUT2D eigenvalue weighted by Gasteiger charge is 2.30. The van der Waals surface area contributed by atoms with Crippen molar-refractivity contribution in [3.63, 3.8) is 0 Å². The quantitative estimate of drug-likeness (QED) is 0.137. The second-order valence-corrected chi connectivity index (χ2v) is 18.8. The molecular weight excluding hydrogens is 901 g/mol. The first kappa shape index (κ1) is 42.9. The molecule has 0 bridgehead atoms.